The molecule has 0 saturated carbocycles. The first-order chi connectivity index (χ1) is 13.6. The zero-order chi connectivity index (χ0) is 19.8. The Balaban J connectivity index is 1.56. The zero-order valence-electron chi connectivity index (χ0n) is 16.1. The first kappa shape index (κ1) is 20.1. The van der Waals surface area contributed by atoms with Crippen molar-refractivity contribution in [2.45, 2.75) is 39.6 Å². The molecule has 5 nitrogen and oxygen atoms in total. The van der Waals surface area contributed by atoms with Gasteiger partial charge in [-0.25, -0.2) is 4.98 Å². The lowest BCUT2D eigenvalue weighted by Gasteiger charge is -2.13. The normalized spacial score (nSPS) is 10.9. The van der Waals surface area contributed by atoms with Crippen molar-refractivity contribution < 1.29 is 9.47 Å². The fourth-order valence-corrected chi connectivity index (χ4v) is 2.83. The van der Waals surface area contributed by atoms with Gasteiger partial charge in [0.15, 0.2) is 0 Å². The highest BCUT2D eigenvalue weighted by molar-refractivity contribution is 6.30. The van der Waals surface area contributed by atoms with E-state index < -0.39 is 0 Å². The van der Waals surface area contributed by atoms with Gasteiger partial charge in [-0.1, -0.05) is 23.7 Å². The van der Waals surface area contributed by atoms with Crippen molar-refractivity contribution >= 4 is 11.6 Å². The van der Waals surface area contributed by atoms with Crippen LogP contribution in [0.1, 0.15) is 30.5 Å². The third-order valence-corrected chi connectivity index (χ3v) is 4.17. The van der Waals surface area contributed by atoms with Crippen LogP contribution in [0.2, 0.25) is 5.02 Å². The Morgan fingerprint density at radius 2 is 1.93 bits per heavy atom. The lowest BCUT2D eigenvalue weighted by molar-refractivity contribution is 0.232. The highest BCUT2D eigenvalue weighted by atomic mass is 35.5. The molecule has 0 amide bonds. The number of aromatic nitrogens is 2. The molecule has 0 saturated heterocycles. The van der Waals surface area contributed by atoms with Crippen molar-refractivity contribution in [2.75, 3.05) is 0 Å². The highest BCUT2D eigenvalue weighted by Gasteiger charge is 2.06. The second-order valence-corrected chi connectivity index (χ2v) is 7.11. The number of hydrogen-bond acceptors (Lipinski definition) is 5. The summed E-state index contributed by atoms with van der Waals surface area (Å²) < 4.78 is 11.5. The number of hydrogen-bond donors (Lipinski definition) is 1. The standard InChI is InChI=1S/C22H24ClN3O2/c1-16(2)28-22-8-5-17(13-26-22)11-25-14-19-10-20(23)6-7-21(19)27-15-18-4-3-9-24-12-18/h3-10,12-13,16,25H,11,14-15H2,1-2H3. The molecule has 0 radical (unpaired) electrons. The average Bonchev–Trinajstić information content (AvgIpc) is 2.69. The molecule has 146 valence electrons. The molecule has 1 aromatic carbocycles. The fraction of sp³-hybridized carbons (Fsp3) is 0.273. The van der Waals surface area contributed by atoms with Gasteiger partial charge in [0.2, 0.25) is 5.88 Å². The maximum Gasteiger partial charge on any atom is 0.213 e. The van der Waals surface area contributed by atoms with E-state index in [4.69, 9.17) is 21.1 Å². The Morgan fingerprint density at radius 3 is 2.64 bits per heavy atom. The van der Waals surface area contributed by atoms with Gasteiger partial charge in [0.25, 0.3) is 0 Å². The summed E-state index contributed by atoms with van der Waals surface area (Å²) in [6, 6.07) is 13.4. The van der Waals surface area contributed by atoms with Gasteiger partial charge in [-0.05, 0) is 43.7 Å². The van der Waals surface area contributed by atoms with Crippen molar-refractivity contribution in [2.24, 2.45) is 0 Å². The minimum atomic E-state index is 0.115. The van der Waals surface area contributed by atoms with Crippen LogP contribution in [0, 0.1) is 0 Å². The van der Waals surface area contributed by atoms with E-state index in [2.05, 4.69) is 15.3 Å². The molecule has 0 unspecified atom stereocenters. The Labute approximate surface area is 170 Å². The number of benzene rings is 1. The molecule has 0 aliphatic carbocycles. The monoisotopic (exact) mass is 397 g/mol. The van der Waals surface area contributed by atoms with Crippen LogP contribution >= 0.6 is 11.6 Å². The van der Waals surface area contributed by atoms with E-state index in [1.54, 1.807) is 12.4 Å². The van der Waals surface area contributed by atoms with Crippen molar-refractivity contribution in [1.82, 2.24) is 15.3 Å². The van der Waals surface area contributed by atoms with Crippen LogP contribution in [-0.2, 0) is 19.7 Å². The quantitative estimate of drug-likeness (QED) is 0.562. The van der Waals surface area contributed by atoms with Crippen LogP contribution in [-0.4, -0.2) is 16.1 Å². The molecule has 3 rings (SSSR count). The first-order valence-electron chi connectivity index (χ1n) is 9.22. The summed E-state index contributed by atoms with van der Waals surface area (Å²) >= 11 is 6.17. The number of ether oxygens (including phenoxy) is 2. The second kappa shape index (κ2) is 10.1. The number of nitrogens with one attached hydrogen (secondary N) is 1. The molecule has 1 N–H and O–H groups in total. The summed E-state index contributed by atoms with van der Waals surface area (Å²) in [5.41, 5.74) is 3.10. The van der Waals surface area contributed by atoms with Crippen LogP contribution in [0.25, 0.3) is 0 Å². The number of nitrogens with zero attached hydrogens (tertiary/aromatic N) is 2. The van der Waals surface area contributed by atoms with Gasteiger partial charge in [-0.3, -0.25) is 4.98 Å². The molecule has 0 atom stereocenters. The predicted octanol–water partition coefficient (Wildman–Crippen LogP) is 4.79. The number of pyridine rings is 2. The Morgan fingerprint density at radius 1 is 1.04 bits per heavy atom. The minimum Gasteiger partial charge on any atom is -0.489 e. The van der Waals surface area contributed by atoms with Gasteiger partial charge in [-0.15, -0.1) is 0 Å². The average molecular weight is 398 g/mol. The summed E-state index contributed by atoms with van der Waals surface area (Å²) in [5, 5.41) is 4.09. The van der Waals surface area contributed by atoms with Crippen LogP contribution in [0.5, 0.6) is 11.6 Å². The van der Waals surface area contributed by atoms with E-state index in [0.717, 1.165) is 22.4 Å². The van der Waals surface area contributed by atoms with Gasteiger partial charge in [0, 0.05) is 53.9 Å². The highest BCUT2D eigenvalue weighted by Crippen LogP contribution is 2.24. The number of rotatable bonds is 9. The smallest absolute Gasteiger partial charge is 0.213 e. The molecule has 6 heteroatoms. The van der Waals surface area contributed by atoms with Gasteiger partial charge < -0.3 is 14.8 Å². The summed E-state index contributed by atoms with van der Waals surface area (Å²) in [5.74, 6) is 1.44. The Hall–Kier alpha value is -2.63. The predicted molar refractivity (Wildman–Crippen MR) is 111 cm³/mol. The van der Waals surface area contributed by atoms with Crippen LogP contribution in [0.3, 0.4) is 0 Å². The van der Waals surface area contributed by atoms with Crippen molar-refractivity contribution in [3.63, 3.8) is 0 Å². The molecule has 28 heavy (non-hydrogen) atoms. The molecule has 0 bridgehead atoms. The summed E-state index contributed by atoms with van der Waals surface area (Å²) in [6.45, 7) is 5.74. The molecule has 0 aliphatic rings. The topological polar surface area (TPSA) is 56.3 Å². The third-order valence-electron chi connectivity index (χ3n) is 3.94. The molecular formula is C22H24ClN3O2. The Bertz CT molecular complexity index is 871. The summed E-state index contributed by atoms with van der Waals surface area (Å²) in [6.07, 6.45) is 5.48. The lowest BCUT2D eigenvalue weighted by Crippen LogP contribution is -2.14. The molecular weight excluding hydrogens is 374 g/mol. The van der Waals surface area contributed by atoms with E-state index in [0.29, 0.717) is 30.6 Å². The van der Waals surface area contributed by atoms with Gasteiger partial charge in [0.05, 0.1) is 6.10 Å². The third kappa shape index (κ3) is 6.22. The molecule has 3 aromatic rings. The molecule has 0 aliphatic heterocycles. The van der Waals surface area contributed by atoms with E-state index in [9.17, 15) is 0 Å². The van der Waals surface area contributed by atoms with Crippen molar-refractivity contribution in [1.29, 1.82) is 0 Å². The zero-order valence-corrected chi connectivity index (χ0v) is 16.8. The van der Waals surface area contributed by atoms with Crippen LogP contribution in [0.15, 0.2) is 61.1 Å². The van der Waals surface area contributed by atoms with Crippen LogP contribution in [0.4, 0.5) is 0 Å². The molecule has 0 spiro atoms. The van der Waals surface area contributed by atoms with E-state index in [-0.39, 0.29) is 6.10 Å². The van der Waals surface area contributed by atoms with Gasteiger partial charge >= 0.3 is 0 Å². The van der Waals surface area contributed by atoms with E-state index >= 15 is 0 Å². The van der Waals surface area contributed by atoms with E-state index in [1.165, 1.54) is 0 Å². The fourth-order valence-electron chi connectivity index (χ4n) is 2.64. The Kier molecular flexibility index (Phi) is 7.23. The second-order valence-electron chi connectivity index (χ2n) is 6.68. The minimum absolute atomic E-state index is 0.115. The van der Waals surface area contributed by atoms with Crippen molar-refractivity contribution in [3.05, 3.63) is 82.8 Å². The van der Waals surface area contributed by atoms with Gasteiger partial charge in [0.1, 0.15) is 12.4 Å². The lowest BCUT2D eigenvalue weighted by atomic mass is 10.2. The van der Waals surface area contributed by atoms with Crippen molar-refractivity contribution in [3.8, 4) is 11.6 Å². The first-order valence-corrected chi connectivity index (χ1v) is 9.60. The molecule has 0 fully saturated rings. The molecule has 2 heterocycles. The number of halogens is 1. The molecule has 2 aromatic heterocycles. The maximum atomic E-state index is 6.17. The maximum absolute atomic E-state index is 6.17. The summed E-state index contributed by atoms with van der Waals surface area (Å²) in [7, 11) is 0. The van der Waals surface area contributed by atoms with Gasteiger partial charge in [-0.2, -0.15) is 0 Å². The largest absolute Gasteiger partial charge is 0.489 e. The van der Waals surface area contributed by atoms with E-state index in [1.807, 2.05) is 62.5 Å². The summed E-state index contributed by atoms with van der Waals surface area (Å²) in [4.78, 5) is 8.44. The van der Waals surface area contributed by atoms with Crippen LogP contribution < -0.4 is 14.8 Å². The SMILES string of the molecule is CC(C)Oc1ccc(CNCc2cc(Cl)ccc2OCc2cccnc2)cn1.